The summed E-state index contributed by atoms with van der Waals surface area (Å²) < 4.78 is 11.5. The first-order valence-corrected chi connectivity index (χ1v) is 17.5. The zero-order valence-electron chi connectivity index (χ0n) is 29.3. The van der Waals surface area contributed by atoms with Crippen LogP contribution < -0.4 is 0 Å². The largest absolute Gasteiger partial charge is 0.466 e. The van der Waals surface area contributed by atoms with E-state index in [9.17, 15) is 19.7 Å². The van der Waals surface area contributed by atoms with Gasteiger partial charge in [0.15, 0.2) is 6.10 Å². The zero-order valence-corrected chi connectivity index (χ0v) is 29.3. The van der Waals surface area contributed by atoms with Crippen LogP contribution in [0.4, 0.5) is 0 Å². The molecule has 0 heterocycles. The SMILES string of the molecule is CC(=O)OC[C@H]1CC[C@@]2(C)[C@H](CC[C@]3(C)[C@]2(C)CCC2C4=C(C(C)C)CC[C@]4(C(C[N+](=O)[O-])OC(C)=O)CC[C@]23C)C1(C)C. The van der Waals surface area contributed by atoms with Crippen molar-refractivity contribution >= 4 is 11.9 Å². The molecule has 5 aliphatic rings. The van der Waals surface area contributed by atoms with E-state index in [1.165, 1.54) is 37.8 Å². The highest BCUT2D eigenvalue weighted by Gasteiger charge is 2.74. The van der Waals surface area contributed by atoms with Crippen LogP contribution in [0.15, 0.2) is 11.1 Å². The van der Waals surface area contributed by atoms with Crippen LogP contribution in [0.1, 0.15) is 133 Å². The lowest BCUT2D eigenvalue weighted by Crippen LogP contribution is -2.70. The Morgan fingerprint density at radius 3 is 2.09 bits per heavy atom. The van der Waals surface area contributed by atoms with Crippen LogP contribution in [0.3, 0.4) is 0 Å². The fraction of sp³-hybridized carbons (Fsp3) is 0.892. The van der Waals surface area contributed by atoms with Gasteiger partial charge in [-0.3, -0.25) is 19.7 Å². The van der Waals surface area contributed by atoms with Crippen molar-refractivity contribution in [2.24, 2.45) is 56.2 Å². The second-order valence-corrected chi connectivity index (χ2v) is 17.4. The summed E-state index contributed by atoms with van der Waals surface area (Å²) in [6, 6.07) is 0. The first kappa shape index (κ1) is 33.4. The maximum Gasteiger partial charge on any atom is 0.303 e. The topological polar surface area (TPSA) is 95.7 Å². The molecule has 248 valence electrons. The normalized spacial score (nSPS) is 43.3. The van der Waals surface area contributed by atoms with Gasteiger partial charge in [-0.25, -0.2) is 0 Å². The van der Waals surface area contributed by atoms with Crippen molar-refractivity contribution in [2.45, 2.75) is 140 Å². The number of esters is 2. The highest BCUT2D eigenvalue weighted by molar-refractivity contribution is 5.66. The molecule has 0 aliphatic heterocycles. The fourth-order valence-electron chi connectivity index (χ4n) is 12.9. The molecule has 0 saturated heterocycles. The number of carbonyl (C=O) groups excluding carboxylic acids is 2. The van der Waals surface area contributed by atoms with Crippen molar-refractivity contribution in [3.05, 3.63) is 21.3 Å². The maximum absolute atomic E-state index is 12.3. The van der Waals surface area contributed by atoms with Crippen LogP contribution in [0.2, 0.25) is 0 Å². The molecule has 0 N–H and O–H groups in total. The van der Waals surface area contributed by atoms with Gasteiger partial charge in [-0.2, -0.15) is 0 Å². The molecule has 7 heteroatoms. The first-order chi connectivity index (χ1) is 20.3. The predicted octanol–water partition coefficient (Wildman–Crippen LogP) is 8.57. The van der Waals surface area contributed by atoms with Crippen LogP contribution in [0.25, 0.3) is 0 Å². The average Bonchev–Trinajstić information content (AvgIpc) is 3.30. The Hall–Kier alpha value is -1.92. The van der Waals surface area contributed by atoms with E-state index in [0.29, 0.717) is 30.3 Å². The van der Waals surface area contributed by atoms with E-state index in [2.05, 4.69) is 55.4 Å². The van der Waals surface area contributed by atoms with Crippen molar-refractivity contribution in [1.82, 2.24) is 0 Å². The van der Waals surface area contributed by atoms with Gasteiger partial charge in [-0.05, 0) is 115 Å². The van der Waals surface area contributed by atoms with Gasteiger partial charge < -0.3 is 9.47 Å². The molecule has 5 rings (SSSR count). The highest BCUT2D eigenvalue weighted by atomic mass is 16.6. The number of ether oxygens (including phenoxy) is 2. The Kier molecular flexibility index (Phi) is 8.23. The Bertz CT molecular complexity index is 1220. The molecule has 0 radical (unpaired) electrons. The number of nitrogens with zero attached hydrogens (tertiary/aromatic N) is 1. The molecule has 4 fully saturated rings. The second kappa shape index (κ2) is 10.8. The summed E-state index contributed by atoms with van der Waals surface area (Å²) in [4.78, 5) is 35.7. The molecule has 0 aromatic carbocycles. The van der Waals surface area contributed by atoms with E-state index in [0.717, 1.165) is 51.4 Å². The summed E-state index contributed by atoms with van der Waals surface area (Å²) in [5.41, 5.74) is 2.98. The summed E-state index contributed by atoms with van der Waals surface area (Å²) in [5, 5.41) is 12.0. The second-order valence-electron chi connectivity index (χ2n) is 17.4. The summed E-state index contributed by atoms with van der Waals surface area (Å²) >= 11 is 0. The third-order valence-electron chi connectivity index (χ3n) is 15.7. The standard InChI is InChI=1S/C37H59NO6/c1-23(2)27-12-18-37(30(21-38(41)42)44-25(4)40)20-19-33(7)28(31(27)37)13-16-36(10)34(8)15-11-26(22-43-24(3)39)32(5,6)29(34)14-17-35(33,36)9/h23,26,28-30H,11-22H2,1-10H3/t26-,28?,29-,30?,33-,34+,35+,36-,37-/m1/s1. The Labute approximate surface area is 265 Å². The number of nitro groups is 1. The van der Waals surface area contributed by atoms with E-state index in [-0.39, 0.29) is 44.5 Å². The van der Waals surface area contributed by atoms with Crippen molar-refractivity contribution in [1.29, 1.82) is 0 Å². The molecule has 0 spiro atoms. The smallest absolute Gasteiger partial charge is 0.303 e. The van der Waals surface area contributed by atoms with Crippen LogP contribution >= 0.6 is 0 Å². The van der Waals surface area contributed by atoms with Crippen molar-refractivity contribution in [3.8, 4) is 0 Å². The fourth-order valence-corrected chi connectivity index (χ4v) is 12.9. The molecule has 0 bridgehead atoms. The molecule has 2 unspecified atom stereocenters. The van der Waals surface area contributed by atoms with Gasteiger partial charge in [0, 0.05) is 24.2 Å². The zero-order chi connectivity index (χ0) is 32.7. The van der Waals surface area contributed by atoms with E-state index in [1.54, 1.807) is 0 Å². The molecule has 44 heavy (non-hydrogen) atoms. The number of allylic oxidation sites excluding steroid dienone is 1. The average molecular weight is 614 g/mol. The summed E-state index contributed by atoms with van der Waals surface area (Å²) in [6.07, 6.45) is 9.73. The van der Waals surface area contributed by atoms with Gasteiger partial charge in [0.25, 0.3) is 0 Å². The van der Waals surface area contributed by atoms with Gasteiger partial charge in [-0.15, -0.1) is 0 Å². The third kappa shape index (κ3) is 4.47. The lowest BCUT2D eigenvalue weighted by atomic mass is 9.27. The molecule has 0 amide bonds. The molecular weight excluding hydrogens is 554 g/mol. The predicted molar refractivity (Wildman–Crippen MR) is 171 cm³/mol. The first-order valence-electron chi connectivity index (χ1n) is 17.5. The van der Waals surface area contributed by atoms with E-state index in [4.69, 9.17) is 9.47 Å². The Morgan fingerprint density at radius 1 is 0.864 bits per heavy atom. The number of carbonyl (C=O) groups is 2. The molecule has 5 aliphatic carbocycles. The molecule has 0 aromatic heterocycles. The summed E-state index contributed by atoms with van der Waals surface area (Å²) in [5.74, 6) is 1.02. The van der Waals surface area contributed by atoms with Crippen molar-refractivity contribution in [2.75, 3.05) is 13.2 Å². The Balaban J connectivity index is 1.57. The van der Waals surface area contributed by atoms with Gasteiger partial charge in [0.2, 0.25) is 6.54 Å². The van der Waals surface area contributed by atoms with Crippen molar-refractivity contribution < 1.29 is 24.0 Å². The van der Waals surface area contributed by atoms with Gasteiger partial charge >= 0.3 is 11.9 Å². The lowest BCUT2D eigenvalue weighted by Gasteiger charge is -2.77. The number of hydrogen-bond acceptors (Lipinski definition) is 6. The van der Waals surface area contributed by atoms with Crippen LogP contribution in [-0.4, -0.2) is 36.1 Å². The molecule has 7 nitrogen and oxygen atoms in total. The maximum atomic E-state index is 12.3. The van der Waals surface area contributed by atoms with E-state index in [1.807, 2.05) is 0 Å². The molecule has 9 atom stereocenters. The van der Waals surface area contributed by atoms with Gasteiger partial charge in [0.1, 0.15) is 0 Å². The van der Waals surface area contributed by atoms with Gasteiger partial charge in [0.05, 0.1) is 6.61 Å². The quantitative estimate of drug-likeness (QED) is 0.124. The minimum atomic E-state index is -0.714. The number of hydrogen-bond donors (Lipinski definition) is 0. The van der Waals surface area contributed by atoms with E-state index < -0.39 is 17.5 Å². The lowest BCUT2D eigenvalue weighted by molar-refractivity contribution is -0.494. The molecular formula is C37H59NO6. The van der Waals surface area contributed by atoms with Crippen molar-refractivity contribution in [3.63, 3.8) is 0 Å². The summed E-state index contributed by atoms with van der Waals surface area (Å²) in [6.45, 7) is 22.9. The van der Waals surface area contributed by atoms with Crippen LogP contribution in [-0.2, 0) is 19.1 Å². The number of fused-ring (bicyclic) bond motifs is 7. The molecule has 4 saturated carbocycles. The third-order valence-corrected chi connectivity index (χ3v) is 15.7. The van der Waals surface area contributed by atoms with Crippen LogP contribution in [0.5, 0.6) is 0 Å². The van der Waals surface area contributed by atoms with Gasteiger partial charge in [-0.1, -0.05) is 66.5 Å². The molecule has 0 aromatic rings. The monoisotopic (exact) mass is 613 g/mol. The minimum absolute atomic E-state index is 0.0470. The minimum Gasteiger partial charge on any atom is -0.466 e. The van der Waals surface area contributed by atoms with E-state index >= 15 is 0 Å². The Morgan fingerprint density at radius 2 is 1.50 bits per heavy atom. The number of rotatable bonds is 7. The van der Waals surface area contributed by atoms with Crippen LogP contribution in [0, 0.1) is 66.3 Å². The summed E-state index contributed by atoms with van der Waals surface area (Å²) in [7, 11) is 0. The highest BCUT2D eigenvalue weighted by Crippen LogP contribution is 2.81.